The number of halogens is 1. The van der Waals surface area contributed by atoms with Crippen molar-refractivity contribution in [3.63, 3.8) is 0 Å². The normalized spacial score (nSPS) is 17.0. The van der Waals surface area contributed by atoms with E-state index in [0.29, 0.717) is 12.0 Å². The van der Waals surface area contributed by atoms with Gasteiger partial charge in [0.2, 0.25) is 6.54 Å². The van der Waals surface area contributed by atoms with Gasteiger partial charge in [-0.05, 0) is 152 Å². The average molecular weight is 1140 g/mol. The number of ether oxygens (including phenoxy) is 1. The third-order valence-electron chi connectivity index (χ3n) is 14.2. The summed E-state index contributed by atoms with van der Waals surface area (Å²) in [6, 6.07) is 54.8. The number of amides is 1. The van der Waals surface area contributed by atoms with Crippen LogP contribution in [0.4, 0.5) is 4.79 Å². The molecule has 3 heterocycles. The number of allylic oxidation sites excluding steroid dienone is 1. The van der Waals surface area contributed by atoms with Gasteiger partial charge in [0, 0.05) is 42.9 Å². The molecule has 3 aliphatic heterocycles. The molecule has 3 aliphatic rings. The van der Waals surface area contributed by atoms with Crippen molar-refractivity contribution in [2.45, 2.75) is 135 Å². The van der Waals surface area contributed by atoms with Gasteiger partial charge in [0.05, 0.1) is 5.92 Å². The highest BCUT2D eigenvalue weighted by atomic mass is 35.5. The maximum absolute atomic E-state index is 12.0. The van der Waals surface area contributed by atoms with Gasteiger partial charge in [-0.3, -0.25) is 14.9 Å². The zero-order valence-electron chi connectivity index (χ0n) is 49.6. The molecule has 0 aliphatic carbocycles. The molecule has 4 atom stereocenters. The number of nitro groups is 1. The van der Waals surface area contributed by atoms with Gasteiger partial charge in [0.25, 0.3) is 0 Å². The number of rotatable bonds is 14. The van der Waals surface area contributed by atoms with Crippen LogP contribution in [0, 0.1) is 37.8 Å². The van der Waals surface area contributed by atoms with Crippen LogP contribution in [0.5, 0.6) is 0 Å². The number of hydrogen-bond acceptors (Lipinski definition) is 9. The Hall–Kier alpha value is -6.54. The standard InChI is InChI=1S/C20H27NOSi.C16H23NO2.C11H13NO3.C11H15N.C10H10O.ClH/c1-23(2,3)22-20(19-15-10-16-21-19,17-11-6-4-7-12-17)18-13-8-5-9-14-18;1-12-5-7-13(8-6-12)14-9-10-17(11-14)15(18)19-16(2,3)4;1-9-2-4-10(5-3-9)11(6-7-13)8-12(14)15;1-9-2-4-10(5-3-9)11-6-7-12-8-11;1-9-4-6-10(7-5-9)3-2-8-11;/h4-9,11-14,19,21H,10,15-16H2,1-3H3;5-8,14H,9-11H2,1-4H3;2-5,7,11H,6,8H2,1H3;2-5,11-12H,6-8H2,1H3;2-8H,1H3;1H/b;;;;3-2+;. The maximum Gasteiger partial charge on any atom is 0.410 e. The number of aryl methyl sites for hydroxylation is 4. The van der Waals surface area contributed by atoms with Crippen LogP contribution >= 0.6 is 12.4 Å². The summed E-state index contributed by atoms with van der Waals surface area (Å²) >= 11 is 0. The number of aldehydes is 2. The summed E-state index contributed by atoms with van der Waals surface area (Å²) in [7, 11) is -1.77. The molecule has 81 heavy (non-hydrogen) atoms. The van der Waals surface area contributed by atoms with E-state index >= 15 is 0 Å². The summed E-state index contributed by atoms with van der Waals surface area (Å²) in [5, 5.41) is 17.5. The first-order valence-electron chi connectivity index (χ1n) is 28.4. The first kappa shape index (κ1) is 67.0. The summed E-state index contributed by atoms with van der Waals surface area (Å²) in [6.45, 7) is 25.5. The molecule has 0 aromatic heterocycles. The molecule has 6 aromatic rings. The minimum Gasteiger partial charge on any atom is -0.444 e. The van der Waals surface area contributed by atoms with E-state index in [4.69, 9.17) is 9.16 Å². The third-order valence-corrected chi connectivity index (χ3v) is 15.1. The Morgan fingerprint density at radius 3 is 1.64 bits per heavy atom. The fourth-order valence-electron chi connectivity index (χ4n) is 10.1. The van der Waals surface area contributed by atoms with Gasteiger partial charge in [-0.15, -0.1) is 12.4 Å². The molecule has 2 N–H and O–H groups in total. The van der Waals surface area contributed by atoms with Crippen molar-refractivity contribution in [2.24, 2.45) is 0 Å². The Labute approximate surface area is 491 Å². The molecule has 0 radical (unpaired) electrons. The zero-order chi connectivity index (χ0) is 58.1. The van der Waals surface area contributed by atoms with Gasteiger partial charge in [-0.2, -0.15) is 0 Å². The highest BCUT2D eigenvalue weighted by Crippen LogP contribution is 2.42. The predicted octanol–water partition coefficient (Wildman–Crippen LogP) is 14.9. The van der Waals surface area contributed by atoms with Crippen molar-refractivity contribution in [1.82, 2.24) is 15.5 Å². The fourth-order valence-corrected chi connectivity index (χ4v) is 11.4. The minimum absolute atomic E-state index is 0. The van der Waals surface area contributed by atoms with Gasteiger partial charge in [0.15, 0.2) is 8.32 Å². The van der Waals surface area contributed by atoms with E-state index in [0.717, 1.165) is 74.2 Å². The lowest BCUT2D eigenvalue weighted by molar-refractivity contribution is -0.483. The lowest BCUT2D eigenvalue weighted by Gasteiger charge is -2.44. The summed E-state index contributed by atoms with van der Waals surface area (Å²) in [5.74, 6) is 0.886. The molecule has 1 amide bonds. The van der Waals surface area contributed by atoms with Crippen LogP contribution in [0.15, 0.2) is 164 Å². The Bertz CT molecular complexity index is 2770. The van der Waals surface area contributed by atoms with Crippen molar-refractivity contribution in [1.29, 1.82) is 0 Å². The van der Waals surface area contributed by atoms with Gasteiger partial charge in [-0.25, -0.2) is 4.79 Å². The van der Waals surface area contributed by atoms with E-state index in [2.05, 4.69) is 153 Å². The minimum atomic E-state index is -1.77. The predicted molar refractivity (Wildman–Crippen MR) is 337 cm³/mol. The van der Waals surface area contributed by atoms with Crippen LogP contribution < -0.4 is 10.6 Å². The van der Waals surface area contributed by atoms with Crippen molar-refractivity contribution in [3.8, 4) is 0 Å². The second-order valence-electron chi connectivity index (χ2n) is 23.2. The van der Waals surface area contributed by atoms with Crippen molar-refractivity contribution >= 4 is 45.5 Å². The van der Waals surface area contributed by atoms with Gasteiger partial charge < -0.3 is 29.5 Å². The lowest BCUT2D eigenvalue weighted by Crippen LogP contribution is -2.53. The molecular formula is C68H89ClN4O7Si. The van der Waals surface area contributed by atoms with E-state index < -0.39 is 19.5 Å². The fraction of sp³-hybridized carbons (Fsp3) is 0.397. The highest BCUT2D eigenvalue weighted by molar-refractivity contribution is 6.69. The van der Waals surface area contributed by atoms with Crippen LogP contribution in [-0.4, -0.2) is 87.7 Å². The molecule has 0 spiro atoms. The van der Waals surface area contributed by atoms with E-state index in [1.54, 1.807) is 6.08 Å². The molecule has 434 valence electrons. The van der Waals surface area contributed by atoms with Crippen LogP contribution in [0.2, 0.25) is 19.6 Å². The molecular weight excluding hydrogens is 1050 g/mol. The summed E-state index contributed by atoms with van der Waals surface area (Å²) in [5.41, 5.74) is 11.4. The molecule has 3 fully saturated rings. The van der Waals surface area contributed by atoms with E-state index in [1.807, 2.05) is 88.0 Å². The molecule has 13 heteroatoms. The van der Waals surface area contributed by atoms with Crippen LogP contribution in [0.3, 0.4) is 0 Å². The third kappa shape index (κ3) is 22.7. The molecule has 9 rings (SSSR count). The Morgan fingerprint density at radius 2 is 1.21 bits per heavy atom. The second-order valence-corrected chi connectivity index (χ2v) is 27.6. The molecule has 4 unspecified atom stereocenters. The van der Waals surface area contributed by atoms with Crippen molar-refractivity contribution in [2.75, 3.05) is 39.3 Å². The van der Waals surface area contributed by atoms with Crippen LogP contribution in [0.25, 0.3) is 6.08 Å². The number of likely N-dealkylation sites (tertiary alicyclic amines) is 1. The number of benzene rings is 6. The first-order valence-corrected chi connectivity index (χ1v) is 31.8. The van der Waals surface area contributed by atoms with Crippen molar-refractivity contribution < 1.29 is 28.5 Å². The van der Waals surface area contributed by atoms with Crippen molar-refractivity contribution in [3.05, 3.63) is 230 Å². The zero-order valence-corrected chi connectivity index (χ0v) is 51.4. The Morgan fingerprint density at radius 1 is 0.704 bits per heavy atom. The number of carbonyl (C=O) groups excluding carboxylic acids is 3. The lowest BCUT2D eigenvalue weighted by atomic mass is 9.79. The number of hydrogen-bond donors (Lipinski definition) is 2. The summed E-state index contributed by atoms with van der Waals surface area (Å²) < 4.78 is 12.4. The molecule has 3 saturated heterocycles. The molecule has 0 bridgehead atoms. The first-order chi connectivity index (χ1) is 38.2. The Balaban J connectivity index is 0.000000223. The monoisotopic (exact) mass is 1140 g/mol. The summed E-state index contributed by atoms with van der Waals surface area (Å²) in [6.07, 6.45) is 9.46. The summed E-state index contributed by atoms with van der Waals surface area (Å²) in [4.78, 5) is 44.2. The van der Waals surface area contributed by atoms with Gasteiger partial charge in [0.1, 0.15) is 23.8 Å². The number of nitrogens with one attached hydrogen (secondary N) is 2. The van der Waals surface area contributed by atoms with Crippen LogP contribution in [-0.2, 0) is 24.4 Å². The van der Waals surface area contributed by atoms with Gasteiger partial charge in [-0.1, -0.05) is 186 Å². The quantitative estimate of drug-likeness (QED) is 0.0359. The topological polar surface area (TPSA) is 140 Å². The SMILES string of the molecule is C[Si](C)(C)OC(c1ccccc1)(c1ccccc1)C1CCCN1.Cc1ccc(/C=C/C=O)cc1.Cc1ccc(C(CC=O)C[N+](=O)[O-])cc1.Cc1ccc(C2CCN(C(=O)OC(C)(C)C)C2)cc1.Cc1ccc(C2CCNC2)cc1.Cl. The molecule has 0 saturated carbocycles. The van der Waals surface area contributed by atoms with E-state index in [1.165, 1.54) is 64.4 Å². The highest BCUT2D eigenvalue weighted by Gasteiger charge is 2.47. The maximum atomic E-state index is 12.0. The van der Waals surface area contributed by atoms with Gasteiger partial charge >= 0.3 is 6.09 Å². The molecule has 11 nitrogen and oxygen atoms in total. The second kappa shape index (κ2) is 33.4. The number of nitrogens with zero attached hydrogens (tertiary/aromatic N) is 2. The Kier molecular flexibility index (Phi) is 27.6. The largest absolute Gasteiger partial charge is 0.444 e. The molecule has 6 aromatic carbocycles. The number of carbonyl (C=O) groups is 3. The average Bonchev–Trinajstić information content (AvgIpc) is 4.44. The van der Waals surface area contributed by atoms with Crippen LogP contribution in [0.1, 0.15) is 126 Å². The smallest absolute Gasteiger partial charge is 0.410 e. The van der Waals surface area contributed by atoms with E-state index in [-0.39, 0.29) is 42.3 Å². The van der Waals surface area contributed by atoms with E-state index in [9.17, 15) is 24.5 Å².